The predicted octanol–water partition coefficient (Wildman–Crippen LogP) is 5.50. The van der Waals surface area contributed by atoms with E-state index in [1.54, 1.807) is 24.3 Å². The zero-order valence-electron chi connectivity index (χ0n) is 23.2. The van der Waals surface area contributed by atoms with Crippen LogP contribution in [-0.2, 0) is 19.1 Å². The first kappa shape index (κ1) is 25.9. The number of benzene rings is 4. The number of hydrogen-bond donors (Lipinski definition) is 1. The van der Waals surface area contributed by atoms with E-state index in [1.807, 2.05) is 50.2 Å². The summed E-state index contributed by atoms with van der Waals surface area (Å²) in [6.07, 6.45) is 0. The monoisotopic (exact) mass is 556 g/mol. The van der Waals surface area contributed by atoms with Gasteiger partial charge in [0.1, 0.15) is 0 Å². The Labute approximate surface area is 243 Å². The van der Waals surface area contributed by atoms with Gasteiger partial charge in [0.05, 0.1) is 23.1 Å². The Kier molecular flexibility index (Phi) is 6.04. The molecule has 208 valence electrons. The van der Waals surface area contributed by atoms with Gasteiger partial charge in [-0.25, -0.2) is 9.69 Å². The molecule has 4 aromatic rings. The van der Waals surface area contributed by atoms with Gasteiger partial charge in [-0.1, -0.05) is 72.3 Å². The van der Waals surface area contributed by atoms with Crippen molar-refractivity contribution in [3.8, 4) is 0 Å². The molecular formula is C35H28N2O5. The molecule has 0 spiro atoms. The largest absolute Gasteiger partial charge is 0.452 e. The Morgan fingerprint density at radius 1 is 0.738 bits per heavy atom. The van der Waals surface area contributed by atoms with Crippen molar-refractivity contribution in [3.63, 3.8) is 0 Å². The molecule has 7 nitrogen and oxygen atoms in total. The van der Waals surface area contributed by atoms with Crippen LogP contribution in [-0.4, -0.2) is 30.3 Å². The minimum atomic E-state index is -0.719. The van der Waals surface area contributed by atoms with Gasteiger partial charge in [-0.15, -0.1) is 0 Å². The Morgan fingerprint density at radius 3 is 1.86 bits per heavy atom. The molecule has 7 heteroatoms. The molecule has 3 aliphatic carbocycles. The third-order valence-corrected chi connectivity index (χ3v) is 8.78. The molecule has 42 heavy (non-hydrogen) atoms. The number of carbonyl (C=O) groups is 4. The number of hydrogen-bond acceptors (Lipinski definition) is 5. The number of esters is 1. The Bertz CT molecular complexity index is 1700. The third kappa shape index (κ3) is 3.96. The van der Waals surface area contributed by atoms with E-state index >= 15 is 0 Å². The molecule has 8 rings (SSSR count). The summed E-state index contributed by atoms with van der Waals surface area (Å²) in [5, 5.41) is 2.76. The summed E-state index contributed by atoms with van der Waals surface area (Å²) >= 11 is 0. The van der Waals surface area contributed by atoms with Crippen LogP contribution in [0.25, 0.3) is 0 Å². The van der Waals surface area contributed by atoms with Crippen molar-refractivity contribution in [3.05, 3.63) is 130 Å². The summed E-state index contributed by atoms with van der Waals surface area (Å²) < 4.78 is 5.28. The zero-order chi connectivity index (χ0) is 29.1. The molecule has 1 saturated heterocycles. The first-order valence-corrected chi connectivity index (χ1v) is 14.0. The average Bonchev–Trinajstić information content (AvgIpc) is 3.27. The highest BCUT2D eigenvalue weighted by Gasteiger charge is 2.61. The van der Waals surface area contributed by atoms with Crippen LogP contribution in [0, 0.1) is 25.7 Å². The second-order valence-electron chi connectivity index (χ2n) is 11.3. The van der Waals surface area contributed by atoms with E-state index in [2.05, 4.69) is 29.6 Å². The molecule has 3 amide bonds. The van der Waals surface area contributed by atoms with Crippen molar-refractivity contribution >= 4 is 35.1 Å². The van der Waals surface area contributed by atoms with Gasteiger partial charge in [0.25, 0.3) is 5.91 Å². The number of nitrogens with zero attached hydrogens (tertiary/aromatic N) is 1. The van der Waals surface area contributed by atoms with Crippen LogP contribution < -0.4 is 10.2 Å². The van der Waals surface area contributed by atoms with Crippen molar-refractivity contribution in [2.45, 2.75) is 25.7 Å². The number of carbonyl (C=O) groups excluding carboxylic acids is 4. The summed E-state index contributed by atoms with van der Waals surface area (Å²) in [6.45, 7) is 3.38. The number of ether oxygens (including phenoxy) is 1. The highest BCUT2D eigenvalue weighted by molar-refractivity contribution is 6.23. The lowest BCUT2D eigenvalue weighted by atomic mass is 9.55. The SMILES string of the molecule is Cc1ccc(NC(=O)COC(=O)c2cccc(N3C(=O)[C@@H]4C5c6ccccc6C(c6ccccc65)[C@H]4C3=O)c2)c(C)c1. The highest BCUT2D eigenvalue weighted by Crippen LogP contribution is 2.61. The van der Waals surface area contributed by atoms with E-state index in [-0.39, 0.29) is 29.2 Å². The fourth-order valence-corrected chi connectivity index (χ4v) is 7.06. The van der Waals surface area contributed by atoms with E-state index in [9.17, 15) is 19.2 Å². The zero-order valence-corrected chi connectivity index (χ0v) is 23.2. The normalized spacial score (nSPS) is 21.4. The van der Waals surface area contributed by atoms with Gasteiger partial charge in [0.2, 0.25) is 11.8 Å². The van der Waals surface area contributed by atoms with E-state index in [1.165, 1.54) is 11.0 Å². The van der Waals surface area contributed by atoms with Crippen molar-refractivity contribution in [2.75, 3.05) is 16.8 Å². The summed E-state index contributed by atoms with van der Waals surface area (Å²) in [5.41, 5.74) is 7.50. The minimum absolute atomic E-state index is 0.150. The van der Waals surface area contributed by atoms with Gasteiger partial charge in [-0.05, 0) is 65.9 Å². The topological polar surface area (TPSA) is 92.8 Å². The molecule has 0 unspecified atom stereocenters. The first-order valence-electron chi connectivity index (χ1n) is 14.0. The second-order valence-corrected chi connectivity index (χ2v) is 11.3. The lowest BCUT2D eigenvalue weighted by molar-refractivity contribution is -0.122. The smallest absolute Gasteiger partial charge is 0.338 e. The summed E-state index contributed by atoms with van der Waals surface area (Å²) in [7, 11) is 0. The highest BCUT2D eigenvalue weighted by atomic mass is 16.5. The molecule has 4 aromatic carbocycles. The fraction of sp³-hybridized carbons (Fsp3) is 0.200. The van der Waals surface area contributed by atoms with Crippen LogP contribution in [0.1, 0.15) is 55.6 Å². The number of imide groups is 1. The molecule has 1 heterocycles. The molecule has 1 N–H and O–H groups in total. The van der Waals surface area contributed by atoms with Gasteiger partial charge in [-0.2, -0.15) is 0 Å². The van der Waals surface area contributed by atoms with Crippen LogP contribution >= 0.6 is 0 Å². The van der Waals surface area contributed by atoms with Gasteiger partial charge in [0, 0.05) is 17.5 Å². The molecule has 1 aliphatic heterocycles. The van der Waals surface area contributed by atoms with Crippen LogP contribution in [0.5, 0.6) is 0 Å². The quantitative estimate of drug-likeness (QED) is 0.259. The molecule has 4 aliphatic rings. The van der Waals surface area contributed by atoms with Crippen LogP contribution in [0.2, 0.25) is 0 Å². The lowest BCUT2D eigenvalue weighted by Crippen LogP contribution is -2.41. The molecule has 1 fully saturated rings. The van der Waals surface area contributed by atoms with Crippen molar-refractivity contribution in [1.82, 2.24) is 0 Å². The first-order chi connectivity index (χ1) is 20.3. The number of amides is 3. The average molecular weight is 557 g/mol. The third-order valence-electron chi connectivity index (χ3n) is 8.78. The second kappa shape index (κ2) is 9.80. The Hall–Kier alpha value is -5.04. The van der Waals surface area contributed by atoms with Crippen LogP contribution in [0.3, 0.4) is 0 Å². The van der Waals surface area contributed by atoms with E-state index in [0.29, 0.717) is 11.4 Å². The summed E-state index contributed by atoms with van der Waals surface area (Å²) in [4.78, 5) is 54.6. The lowest BCUT2D eigenvalue weighted by Gasteiger charge is -2.45. The molecular weight excluding hydrogens is 528 g/mol. The van der Waals surface area contributed by atoms with Crippen molar-refractivity contribution in [2.24, 2.45) is 11.8 Å². The molecule has 0 aromatic heterocycles. The molecule has 2 atom stereocenters. The maximum absolute atomic E-state index is 14.0. The van der Waals surface area contributed by atoms with Gasteiger partial charge in [0.15, 0.2) is 6.61 Å². The summed E-state index contributed by atoms with van der Waals surface area (Å²) in [5.74, 6) is -3.16. The maximum Gasteiger partial charge on any atom is 0.338 e. The Morgan fingerprint density at radius 2 is 1.31 bits per heavy atom. The van der Waals surface area contributed by atoms with Gasteiger partial charge in [-0.3, -0.25) is 14.4 Å². The molecule has 0 radical (unpaired) electrons. The van der Waals surface area contributed by atoms with Crippen LogP contribution in [0.4, 0.5) is 11.4 Å². The van der Waals surface area contributed by atoms with Gasteiger partial charge < -0.3 is 10.1 Å². The summed E-state index contributed by atoms with van der Waals surface area (Å²) in [6, 6.07) is 28.1. The Balaban J connectivity index is 1.13. The van der Waals surface area contributed by atoms with Gasteiger partial charge >= 0.3 is 5.97 Å². The van der Waals surface area contributed by atoms with E-state index in [0.717, 1.165) is 33.4 Å². The maximum atomic E-state index is 14.0. The van der Waals surface area contributed by atoms with E-state index < -0.39 is 30.3 Å². The number of aryl methyl sites for hydroxylation is 2. The molecule has 2 bridgehead atoms. The molecule has 0 saturated carbocycles. The van der Waals surface area contributed by atoms with E-state index in [4.69, 9.17) is 4.74 Å². The number of nitrogens with one attached hydrogen (secondary N) is 1. The predicted molar refractivity (Wildman–Crippen MR) is 157 cm³/mol. The van der Waals surface area contributed by atoms with Crippen LogP contribution in [0.15, 0.2) is 91.0 Å². The fourth-order valence-electron chi connectivity index (χ4n) is 7.06. The van der Waals surface area contributed by atoms with Crippen molar-refractivity contribution < 1.29 is 23.9 Å². The standard InChI is InChI=1S/C35H28N2O5/c1-19-14-15-27(20(2)16-19)36-28(38)18-42-35(41)21-8-7-9-22(17-21)37-33(39)31-29-23-10-3-4-11-24(23)30(32(31)34(37)40)26-13-6-5-12-25(26)29/h3-17,29-32H,18H2,1-2H3,(H,36,38)/t29?,30?,31-,32-/m1/s1. The van der Waals surface area contributed by atoms with Crippen molar-refractivity contribution in [1.29, 1.82) is 0 Å². The minimum Gasteiger partial charge on any atom is -0.452 e. The number of rotatable bonds is 5. The number of anilines is 2.